The molecule has 0 aliphatic heterocycles. The molecule has 2 nitrogen and oxygen atoms in total. The van der Waals surface area contributed by atoms with Gasteiger partial charge in [0.25, 0.3) is 0 Å². The summed E-state index contributed by atoms with van der Waals surface area (Å²) in [5.41, 5.74) is 1.21. The highest BCUT2D eigenvalue weighted by molar-refractivity contribution is 5.04. The maximum atomic E-state index is 4.98. The Labute approximate surface area is 94.7 Å². The predicted octanol–water partition coefficient (Wildman–Crippen LogP) is 3.85. The van der Waals surface area contributed by atoms with Gasteiger partial charge in [-0.1, -0.05) is 26.8 Å². The molecule has 2 heteroatoms. The standard InChI is InChI=1S/C6H7N.C5H12O.C2H6/c1-6-3-2-4-7-5-6;1-3-5-6-4-2;1-2/h2-5H,1H3;3-5H2,1-2H3;1-2H3. The highest BCUT2D eigenvalue weighted by atomic mass is 16.5. The van der Waals surface area contributed by atoms with Crippen molar-refractivity contribution in [1.29, 1.82) is 0 Å². The molecule has 0 amide bonds. The molecule has 0 aliphatic rings. The van der Waals surface area contributed by atoms with Crippen LogP contribution in [0.25, 0.3) is 0 Å². The Morgan fingerprint density at radius 2 is 1.93 bits per heavy atom. The van der Waals surface area contributed by atoms with Gasteiger partial charge in [0.1, 0.15) is 0 Å². The van der Waals surface area contributed by atoms with Crippen molar-refractivity contribution in [2.24, 2.45) is 0 Å². The maximum Gasteiger partial charge on any atom is 0.0463 e. The zero-order valence-electron chi connectivity index (χ0n) is 10.8. The van der Waals surface area contributed by atoms with Gasteiger partial charge in [-0.15, -0.1) is 0 Å². The van der Waals surface area contributed by atoms with Crippen molar-refractivity contribution in [3.8, 4) is 0 Å². The second-order valence-corrected chi connectivity index (χ2v) is 2.73. The van der Waals surface area contributed by atoms with Crippen LogP contribution in [0.15, 0.2) is 24.5 Å². The summed E-state index contributed by atoms with van der Waals surface area (Å²) >= 11 is 0. The molecule has 15 heavy (non-hydrogen) atoms. The Morgan fingerprint density at radius 3 is 2.13 bits per heavy atom. The lowest BCUT2D eigenvalue weighted by atomic mass is 10.3. The van der Waals surface area contributed by atoms with Crippen LogP contribution < -0.4 is 0 Å². The van der Waals surface area contributed by atoms with Gasteiger partial charge in [0.05, 0.1) is 0 Å². The van der Waals surface area contributed by atoms with E-state index in [1.165, 1.54) is 5.56 Å². The van der Waals surface area contributed by atoms with Crippen LogP contribution in [0.2, 0.25) is 0 Å². The van der Waals surface area contributed by atoms with Gasteiger partial charge in [-0.25, -0.2) is 0 Å². The zero-order valence-corrected chi connectivity index (χ0v) is 10.8. The summed E-state index contributed by atoms with van der Waals surface area (Å²) in [4.78, 5) is 3.88. The van der Waals surface area contributed by atoms with Gasteiger partial charge < -0.3 is 4.74 Å². The van der Waals surface area contributed by atoms with Crippen molar-refractivity contribution < 1.29 is 4.74 Å². The first-order valence-corrected chi connectivity index (χ1v) is 5.75. The lowest BCUT2D eigenvalue weighted by Crippen LogP contribution is -1.88. The molecular formula is C13H25NO. The molecule has 0 N–H and O–H groups in total. The molecule has 1 rings (SSSR count). The third-order valence-corrected chi connectivity index (χ3v) is 1.36. The van der Waals surface area contributed by atoms with E-state index < -0.39 is 0 Å². The van der Waals surface area contributed by atoms with Crippen LogP contribution in [-0.4, -0.2) is 18.2 Å². The average Bonchev–Trinajstić information content (AvgIpc) is 2.31. The van der Waals surface area contributed by atoms with Gasteiger partial charge in [0.15, 0.2) is 0 Å². The van der Waals surface area contributed by atoms with Crippen LogP contribution in [0, 0.1) is 6.92 Å². The number of aromatic nitrogens is 1. The molecule has 0 saturated heterocycles. The summed E-state index contributed by atoms with van der Waals surface area (Å²) in [6.45, 7) is 11.9. The van der Waals surface area contributed by atoms with Crippen LogP contribution in [0.3, 0.4) is 0 Å². The molecule has 0 bridgehead atoms. The SMILES string of the molecule is CC.CCCOCC.Cc1cccnc1. The quantitative estimate of drug-likeness (QED) is 0.708. The molecule has 0 aromatic carbocycles. The number of hydrogen-bond acceptors (Lipinski definition) is 2. The van der Waals surface area contributed by atoms with E-state index in [2.05, 4.69) is 11.9 Å². The third-order valence-electron chi connectivity index (χ3n) is 1.36. The fourth-order valence-electron chi connectivity index (χ4n) is 0.737. The molecule has 0 fully saturated rings. The Hall–Kier alpha value is -0.890. The molecule has 0 spiro atoms. The Morgan fingerprint density at radius 1 is 1.27 bits per heavy atom. The van der Waals surface area contributed by atoms with Crippen LogP contribution in [0.5, 0.6) is 0 Å². The first kappa shape index (κ1) is 16.5. The average molecular weight is 211 g/mol. The fraction of sp³-hybridized carbons (Fsp3) is 0.615. The molecule has 0 aliphatic carbocycles. The lowest BCUT2D eigenvalue weighted by molar-refractivity contribution is 0.148. The molecular weight excluding hydrogens is 186 g/mol. The Bertz CT molecular complexity index is 183. The van der Waals surface area contributed by atoms with Crippen molar-refractivity contribution >= 4 is 0 Å². The summed E-state index contributed by atoms with van der Waals surface area (Å²) in [7, 11) is 0. The number of aryl methyl sites for hydroxylation is 1. The summed E-state index contributed by atoms with van der Waals surface area (Å²) in [6, 6.07) is 3.95. The largest absolute Gasteiger partial charge is 0.382 e. The summed E-state index contributed by atoms with van der Waals surface area (Å²) < 4.78 is 4.98. The number of rotatable bonds is 3. The molecule has 1 heterocycles. The van der Waals surface area contributed by atoms with E-state index in [1.54, 1.807) is 6.20 Å². The maximum absolute atomic E-state index is 4.98. The van der Waals surface area contributed by atoms with Crippen molar-refractivity contribution in [2.75, 3.05) is 13.2 Å². The van der Waals surface area contributed by atoms with E-state index in [4.69, 9.17) is 4.74 Å². The predicted molar refractivity (Wildman–Crippen MR) is 67.1 cm³/mol. The second kappa shape index (κ2) is 15.6. The van der Waals surface area contributed by atoms with Crippen molar-refractivity contribution in [1.82, 2.24) is 4.98 Å². The van der Waals surface area contributed by atoms with Crippen molar-refractivity contribution in [3.05, 3.63) is 30.1 Å². The minimum atomic E-state index is 0.855. The highest BCUT2D eigenvalue weighted by Crippen LogP contribution is 1.88. The van der Waals surface area contributed by atoms with Gasteiger partial charge in [-0.05, 0) is 31.9 Å². The van der Waals surface area contributed by atoms with Crippen LogP contribution in [0.4, 0.5) is 0 Å². The summed E-state index contributed by atoms with van der Waals surface area (Å²) in [6.07, 6.45) is 4.74. The molecule has 1 aromatic rings. The van der Waals surface area contributed by atoms with E-state index >= 15 is 0 Å². The van der Waals surface area contributed by atoms with E-state index in [0.29, 0.717) is 0 Å². The minimum absolute atomic E-state index is 0.855. The summed E-state index contributed by atoms with van der Waals surface area (Å²) in [5, 5.41) is 0. The van der Waals surface area contributed by atoms with Crippen LogP contribution in [0.1, 0.15) is 39.7 Å². The van der Waals surface area contributed by atoms with E-state index in [-0.39, 0.29) is 0 Å². The molecule has 0 atom stereocenters. The van der Waals surface area contributed by atoms with Gasteiger partial charge in [0.2, 0.25) is 0 Å². The molecule has 0 radical (unpaired) electrons. The fourth-order valence-corrected chi connectivity index (χ4v) is 0.737. The monoisotopic (exact) mass is 211 g/mol. The van der Waals surface area contributed by atoms with Gasteiger partial charge in [-0.3, -0.25) is 4.98 Å². The number of ether oxygens (including phenoxy) is 1. The molecule has 1 aromatic heterocycles. The summed E-state index contributed by atoms with van der Waals surface area (Å²) in [5.74, 6) is 0. The number of nitrogens with zero attached hydrogens (tertiary/aromatic N) is 1. The normalized spacial score (nSPS) is 8.07. The molecule has 0 saturated carbocycles. The Kier molecular flexibility index (Phi) is 17.2. The van der Waals surface area contributed by atoms with Crippen LogP contribution in [-0.2, 0) is 4.74 Å². The Balaban J connectivity index is 0. The van der Waals surface area contributed by atoms with Gasteiger partial charge >= 0.3 is 0 Å². The van der Waals surface area contributed by atoms with E-state index in [1.807, 2.05) is 46.0 Å². The highest BCUT2D eigenvalue weighted by Gasteiger charge is 1.73. The molecule has 0 unspecified atom stereocenters. The smallest absolute Gasteiger partial charge is 0.0463 e. The zero-order chi connectivity index (χ0) is 11.9. The van der Waals surface area contributed by atoms with E-state index in [9.17, 15) is 0 Å². The number of hydrogen-bond donors (Lipinski definition) is 0. The van der Waals surface area contributed by atoms with E-state index in [0.717, 1.165) is 19.6 Å². The van der Waals surface area contributed by atoms with Crippen LogP contribution >= 0.6 is 0 Å². The minimum Gasteiger partial charge on any atom is -0.382 e. The molecule has 88 valence electrons. The lowest BCUT2D eigenvalue weighted by Gasteiger charge is -1.91. The van der Waals surface area contributed by atoms with Gasteiger partial charge in [-0.2, -0.15) is 0 Å². The first-order chi connectivity index (χ1) is 7.31. The second-order valence-electron chi connectivity index (χ2n) is 2.73. The van der Waals surface area contributed by atoms with Crippen molar-refractivity contribution in [2.45, 2.75) is 41.0 Å². The van der Waals surface area contributed by atoms with Gasteiger partial charge in [0, 0.05) is 25.6 Å². The number of pyridine rings is 1. The first-order valence-electron chi connectivity index (χ1n) is 5.75. The van der Waals surface area contributed by atoms with Crippen molar-refractivity contribution in [3.63, 3.8) is 0 Å². The topological polar surface area (TPSA) is 22.1 Å². The third kappa shape index (κ3) is 15.8.